The van der Waals surface area contributed by atoms with Crippen molar-refractivity contribution in [1.29, 1.82) is 0 Å². The molecule has 0 aromatic carbocycles. The number of nitrogens with one attached hydrogen (secondary N) is 5. The van der Waals surface area contributed by atoms with E-state index in [0.717, 1.165) is 51.4 Å². The van der Waals surface area contributed by atoms with Gasteiger partial charge in [0.25, 0.3) is 0 Å². The summed E-state index contributed by atoms with van der Waals surface area (Å²) in [5.41, 5.74) is 0. The molecule has 1 amide bonds. The third-order valence-electron chi connectivity index (χ3n) is 8.93. The van der Waals surface area contributed by atoms with Crippen LogP contribution >= 0.6 is 0 Å². The van der Waals surface area contributed by atoms with Gasteiger partial charge in [-0.05, 0) is 63.8 Å². The van der Waals surface area contributed by atoms with Crippen LogP contribution in [0.25, 0.3) is 0 Å². The highest BCUT2D eigenvalue weighted by Gasteiger charge is 2.44. The summed E-state index contributed by atoms with van der Waals surface area (Å²) in [7, 11) is 3.77. The number of methoxy groups -OCH3 is 1. The molecule has 9 nitrogen and oxygen atoms in total. The standard InChI is InChI=1S/C26H50N6O3/c1-18-16-20(6-9-22(18)26(33)29-12-15-35-14-11-27-2)31-24-25-30-17-23(32(25)13-10-28-24)19-4-7-21(34-3)8-5-19/h18-25,27-28,30-31H,4-17H2,1-3H3,(H,29,33). The van der Waals surface area contributed by atoms with Gasteiger partial charge in [0.1, 0.15) is 0 Å². The van der Waals surface area contributed by atoms with Gasteiger partial charge in [-0.1, -0.05) is 6.92 Å². The largest absolute Gasteiger partial charge is 0.381 e. The summed E-state index contributed by atoms with van der Waals surface area (Å²) >= 11 is 0. The number of hydrogen-bond donors (Lipinski definition) is 5. The molecule has 0 radical (unpaired) electrons. The second-order valence-corrected chi connectivity index (χ2v) is 11.1. The lowest BCUT2D eigenvalue weighted by atomic mass is 9.77. The van der Waals surface area contributed by atoms with E-state index in [4.69, 9.17) is 9.47 Å². The first-order chi connectivity index (χ1) is 17.1. The number of carbonyl (C=O) groups is 1. The highest BCUT2D eigenvalue weighted by molar-refractivity contribution is 5.79. The van der Waals surface area contributed by atoms with Gasteiger partial charge in [-0.2, -0.15) is 0 Å². The van der Waals surface area contributed by atoms with Crippen LogP contribution in [0.4, 0.5) is 0 Å². The van der Waals surface area contributed by atoms with E-state index in [9.17, 15) is 4.79 Å². The predicted molar refractivity (Wildman–Crippen MR) is 138 cm³/mol. The maximum atomic E-state index is 12.7. The maximum Gasteiger partial charge on any atom is 0.223 e. The molecule has 35 heavy (non-hydrogen) atoms. The van der Waals surface area contributed by atoms with Crippen LogP contribution < -0.4 is 26.6 Å². The molecule has 2 aliphatic heterocycles. The summed E-state index contributed by atoms with van der Waals surface area (Å²) in [4.78, 5) is 15.5. The first-order valence-electron chi connectivity index (χ1n) is 14.1. The summed E-state index contributed by atoms with van der Waals surface area (Å²) < 4.78 is 11.1. The van der Waals surface area contributed by atoms with Crippen molar-refractivity contribution in [2.24, 2.45) is 17.8 Å². The number of hydrogen-bond acceptors (Lipinski definition) is 8. The van der Waals surface area contributed by atoms with Crippen LogP contribution in [0.5, 0.6) is 0 Å². The molecule has 202 valence electrons. The van der Waals surface area contributed by atoms with Gasteiger partial charge in [0.15, 0.2) is 0 Å². The fourth-order valence-corrected chi connectivity index (χ4v) is 6.90. The molecular formula is C26H50N6O3. The minimum atomic E-state index is 0.109. The van der Waals surface area contributed by atoms with Crippen molar-refractivity contribution in [1.82, 2.24) is 31.5 Å². The number of ether oxygens (including phenoxy) is 2. The summed E-state index contributed by atoms with van der Waals surface area (Å²) in [6.07, 6.45) is 9.10. The second-order valence-electron chi connectivity index (χ2n) is 11.1. The molecule has 2 saturated heterocycles. The lowest BCUT2D eigenvalue weighted by Gasteiger charge is -2.45. The summed E-state index contributed by atoms with van der Waals surface area (Å²) in [5.74, 6) is 1.46. The Balaban J connectivity index is 1.20. The number of rotatable bonds is 11. The minimum Gasteiger partial charge on any atom is -0.381 e. The van der Waals surface area contributed by atoms with E-state index < -0.39 is 0 Å². The van der Waals surface area contributed by atoms with Gasteiger partial charge in [0, 0.05) is 57.8 Å². The number of piperazine rings is 1. The zero-order chi connectivity index (χ0) is 24.6. The minimum absolute atomic E-state index is 0.109. The van der Waals surface area contributed by atoms with E-state index in [-0.39, 0.29) is 18.0 Å². The molecule has 0 bridgehead atoms. The number of fused-ring (bicyclic) bond motifs is 1. The topological polar surface area (TPSA) is 98.9 Å². The van der Waals surface area contributed by atoms with Gasteiger partial charge in [0.2, 0.25) is 5.91 Å². The fourth-order valence-electron chi connectivity index (χ4n) is 6.90. The molecule has 2 aliphatic carbocycles. The lowest BCUT2D eigenvalue weighted by Crippen LogP contribution is -2.67. The molecule has 4 fully saturated rings. The SMILES string of the molecule is CNCCOCCNC(=O)C1CCC(NC2NCCN3C(C4CCC(OC)CC4)CNC23)CC1C. The third-order valence-corrected chi connectivity index (χ3v) is 8.93. The van der Waals surface area contributed by atoms with Gasteiger partial charge in [0.05, 0.1) is 31.6 Å². The summed E-state index contributed by atoms with van der Waals surface area (Å²) in [5, 5.41) is 17.7. The monoisotopic (exact) mass is 494 g/mol. The smallest absolute Gasteiger partial charge is 0.223 e. The van der Waals surface area contributed by atoms with Crippen molar-refractivity contribution >= 4 is 5.91 Å². The fraction of sp³-hybridized carbons (Fsp3) is 0.962. The van der Waals surface area contributed by atoms with E-state index in [1.54, 1.807) is 0 Å². The van der Waals surface area contributed by atoms with Crippen LogP contribution in [0, 0.1) is 17.8 Å². The Labute approximate surface area is 212 Å². The van der Waals surface area contributed by atoms with Crippen molar-refractivity contribution in [3.8, 4) is 0 Å². The zero-order valence-corrected chi connectivity index (χ0v) is 22.2. The molecule has 0 aromatic rings. The van der Waals surface area contributed by atoms with E-state index in [2.05, 4.69) is 38.4 Å². The number of likely N-dealkylation sites (N-methyl/N-ethyl adjacent to an activating group) is 1. The quantitative estimate of drug-likeness (QED) is 0.265. The van der Waals surface area contributed by atoms with Crippen molar-refractivity contribution < 1.29 is 14.3 Å². The van der Waals surface area contributed by atoms with Crippen molar-refractivity contribution in [3.63, 3.8) is 0 Å². The van der Waals surface area contributed by atoms with Crippen LogP contribution in [0.15, 0.2) is 0 Å². The second kappa shape index (κ2) is 13.7. The van der Waals surface area contributed by atoms with Crippen molar-refractivity contribution in [2.45, 2.75) is 82.4 Å². The third kappa shape index (κ3) is 7.15. The predicted octanol–water partition coefficient (Wildman–Crippen LogP) is 0.467. The Hall–Kier alpha value is -0.810. The van der Waals surface area contributed by atoms with Crippen LogP contribution in [0.3, 0.4) is 0 Å². The van der Waals surface area contributed by atoms with Crippen LogP contribution in [0.1, 0.15) is 51.9 Å². The van der Waals surface area contributed by atoms with E-state index in [1.165, 1.54) is 25.7 Å². The summed E-state index contributed by atoms with van der Waals surface area (Å²) in [6, 6.07) is 1.10. The molecular weight excluding hydrogens is 444 g/mol. The molecule has 5 N–H and O–H groups in total. The zero-order valence-electron chi connectivity index (χ0n) is 22.2. The van der Waals surface area contributed by atoms with Gasteiger partial charge in [-0.15, -0.1) is 0 Å². The lowest BCUT2D eigenvalue weighted by molar-refractivity contribution is -0.128. The molecule has 4 aliphatic rings. The molecule has 2 heterocycles. The Bertz CT molecular complexity index is 647. The van der Waals surface area contributed by atoms with Gasteiger partial charge < -0.3 is 20.1 Å². The Kier molecular flexibility index (Phi) is 10.6. The first kappa shape index (κ1) is 27.2. The van der Waals surface area contributed by atoms with Crippen LogP contribution in [-0.2, 0) is 14.3 Å². The first-order valence-corrected chi connectivity index (χ1v) is 14.1. The Morgan fingerprint density at radius 2 is 1.86 bits per heavy atom. The normalized spacial score (nSPS) is 38.3. The number of carbonyl (C=O) groups excluding carboxylic acids is 1. The maximum absolute atomic E-state index is 12.7. The van der Waals surface area contributed by atoms with Crippen molar-refractivity contribution in [2.75, 3.05) is 60.1 Å². The van der Waals surface area contributed by atoms with E-state index in [0.29, 0.717) is 50.0 Å². The molecule has 6 atom stereocenters. The highest BCUT2D eigenvalue weighted by Crippen LogP contribution is 2.34. The van der Waals surface area contributed by atoms with Crippen LogP contribution in [0.2, 0.25) is 0 Å². The molecule has 2 saturated carbocycles. The van der Waals surface area contributed by atoms with E-state index >= 15 is 0 Å². The molecule has 0 aromatic heterocycles. The molecule has 6 unspecified atom stereocenters. The molecule has 9 heteroatoms. The molecule has 4 rings (SSSR count). The van der Waals surface area contributed by atoms with Gasteiger partial charge >= 0.3 is 0 Å². The van der Waals surface area contributed by atoms with Crippen LogP contribution in [-0.4, -0.2) is 101 Å². The number of nitrogens with zero attached hydrogens (tertiary/aromatic N) is 1. The number of amides is 1. The van der Waals surface area contributed by atoms with Crippen molar-refractivity contribution in [3.05, 3.63) is 0 Å². The Morgan fingerprint density at radius 3 is 2.60 bits per heavy atom. The molecule has 0 spiro atoms. The average Bonchev–Trinajstić information content (AvgIpc) is 3.31. The Morgan fingerprint density at radius 1 is 1.06 bits per heavy atom. The summed E-state index contributed by atoms with van der Waals surface area (Å²) in [6.45, 7) is 8.16. The highest BCUT2D eigenvalue weighted by atomic mass is 16.5. The average molecular weight is 495 g/mol. The van der Waals surface area contributed by atoms with E-state index in [1.807, 2.05) is 14.2 Å². The van der Waals surface area contributed by atoms with Gasteiger partial charge in [-0.3, -0.25) is 25.6 Å². The van der Waals surface area contributed by atoms with Gasteiger partial charge in [-0.25, -0.2) is 0 Å².